The highest BCUT2D eigenvalue weighted by Crippen LogP contribution is 2.31. The highest BCUT2D eigenvalue weighted by molar-refractivity contribution is 6.31. The molecule has 2 nitrogen and oxygen atoms in total. The minimum Gasteiger partial charge on any atom is -0.493 e. The zero-order valence-electron chi connectivity index (χ0n) is 12.2. The summed E-state index contributed by atoms with van der Waals surface area (Å²) < 4.78 is 5.84. The maximum Gasteiger partial charge on any atom is 0.122 e. The second kappa shape index (κ2) is 8.44. The molecule has 1 aromatic rings. The Morgan fingerprint density at radius 1 is 1.16 bits per heavy atom. The number of hydrogen-bond acceptors (Lipinski definition) is 2. The first-order valence-electron chi connectivity index (χ1n) is 7.10. The summed E-state index contributed by atoms with van der Waals surface area (Å²) in [5.41, 5.74) is 2.23. The smallest absolute Gasteiger partial charge is 0.122 e. The van der Waals surface area contributed by atoms with Gasteiger partial charge in [0, 0.05) is 11.6 Å². The number of rotatable bonds is 8. The number of aliphatic hydroxyl groups excluding tert-OH is 1. The van der Waals surface area contributed by atoms with Gasteiger partial charge in [0.05, 0.1) is 6.61 Å². The molecule has 0 saturated carbocycles. The Hall–Kier alpha value is -0.730. The molecule has 0 fully saturated rings. The lowest BCUT2D eigenvalue weighted by Crippen LogP contribution is -2.01. The molecule has 0 aliphatic carbocycles. The van der Waals surface area contributed by atoms with Crippen molar-refractivity contribution in [2.24, 2.45) is 0 Å². The molecule has 0 aromatic heterocycles. The van der Waals surface area contributed by atoms with Crippen LogP contribution >= 0.6 is 11.6 Å². The van der Waals surface area contributed by atoms with E-state index in [9.17, 15) is 0 Å². The Kier molecular flexibility index (Phi) is 7.25. The number of halogens is 1. The number of benzene rings is 1. The van der Waals surface area contributed by atoms with Crippen molar-refractivity contribution in [1.82, 2.24) is 0 Å². The van der Waals surface area contributed by atoms with Crippen LogP contribution in [0.3, 0.4) is 0 Å². The summed E-state index contributed by atoms with van der Waals surface area (Å²) in [6.07, 6.45) is 4.08. The molecule has 108 valence electrons. The van der Waals surface area contributed by atoms with E-state index in [4.69, 9.17) is 21.4 Å². The predicted octanol–water partition coefficient (Wildman–Crippen LogP) is 4.70. The third-order valence-corrected chi connectivity index (χ3v) is 3.55. The molecule has 0 spiro atoms. The van der Waals surface area contributed by atoms with Crippen LogP contribution in [0.5, 0.6) is 5.75 Å². The molecule has 19 heavy (non-hydrogen) atoms. The van der Waals surface area contributed by atoms with Crippen molar-refractivity contribution in [2.45, 2.75) is 52.4 Å². The average Bonchev–Trinajstić information content (AvgIpc) is 2.35. The lowest BCUT2D eigenvalue weighted by Gasteiger charge is -2.14. The van der Waals surface area contributed by atoms with Crippen molar-refractivity contribution in [3.8, 4) is 5.75 Å². The molecule has 0 aliphatic heterocycles. The van der Waals surface area contributed by atoms with Crippen LogP contribution in [-0.4, -0.2) is 18.3 Å². The van der Waals surface area contributed by atoms with Gasteiger partial charge in [-0.05, 0) is 55.4 Å². The Morgan fingerprint density at radius 2 is 1.84 bits per heavy atom. The van der Waals surface area contributed by atoms with Crippen molar-refractivity contribution >= 4 is 11.6 Å². The third kappa shape index (κ3) is 5.42. The third-order valence-electron chi connectivity index (χ3n) is 3.23. The fourth-order valence-corrected chi connectivity index (χ4v) is 2.45. The van der Waals surface area contributed by atoms with Gasteiger partial charge in [0.1, 0.15) is 5.75 Å². The normalized spacial score (nSPS) is 11.1. The second-order valence-corrected chi connectivity index (χ2v) is 5.69. The molecular formula is C16H25ClO2. The number of unbranched alkanes of at least 4 members (excludes halogenated alkanes) is 3. The SMILES string of the molecule is Cc1cc(Cl)c(C(C)C)cc1OCCCCCCO. The van der Waals surface area contributed by atoms with Crippen LogP contribution < -0.4 is 4.74 Å². The lowest BCUT2D eigenvalue weighted by atomic mass is 10.0. The van der Waals surface area contributed by atoms with Crippen LogP contribution in [0.15, 0.2) is 12.1 Å². The van der Waals surface area contributed by atoms with Crippen molar-refractivity contribution in [3.63, 3.8) is 0 Å². The van der Waals surface area contributed by atoms with Crippen molar-refractivity contribution < 1.29 is 9.84 Å². The summed E-state index contributed by atoms with van der Waals surface area (Å²) in [5.74, 6) is 1.34. The van der Waals surface area contributed by atoms with Crippen molar-refractivity contribution in [2.75, 3.05) is 13.2 Å². The molecule has 1 rings (SSSR count). The van der Waals surface area contributed by atoms with E-state index >= 15 is 0 Å². The van der Waals surface area contributed by atoms with Crippen molar-refractivity contribution in [3.05, 3.63) is 28.3 Å². The largest absolute Gasteiger partial charge is 0.493 e. The molecule has 0 saturated heterocycles. The Labute approximate surface area is 121 Å². The molecule has 0 radical (unpaired) electrons. The summed E-state index contributed by atoms with van der Waals surface area (Å²) in [5, 5.41) is 9.52. The molecule has 0 bridgehead atoms. The Morgan fingerprint density at radius 3 is 2.47 bits per heavy atom. The monoisotopic (exact) mass is 284 g/mol. The number of aryl methyl sites for hydroxylation is 1. The number of hydrogen-bond donors (Lipinski definition) is 1. The highest BCUT2D eigenvalue weighted by atomic mass is 35.5. The minimum atomic E-state index is 0.287. The van der Waals surface area contributed by atoms with E-state index in [1.165, 1.54) is 0 Å². The van der Waals surface area contributed by atoms with Gasteiger partial charge >= 0.3 is 0 Å². The van der Waals surface area contributed by atoms with E-state index in [1.54, 1.807) is 0 Å². The maximum atomic E-state index is 8.70. The summed E-state index contributed by atoms with van der Waals surface area (Å²) >= 11 is 6.24. The molecule has 0 atom stereocenters. The zero-order valence-corrected chi connectivity index (χ0v) is 13.0. The summed E-state index contributed by atoms with van der Waals surface area (Å²) in [6, 6.07) is 4.05. The van der Waals surface area contributed by atoms with E-state index in [0.29, 0.717) is 5.92 Å². The molecule has 0 unspecified atom stereocenters. The highest BCUT2D eigenvalue weighted by Gasteiger charge is 2.09. The fraction of sp³-hybridized carbons (Fsp3) is 0.625. The second-order valence-electron chi connectivity index (χ2n) is 5.28. The van der Waals surface area contributed by atoms with Gasteiger partial charge in [-0.25, -0.2) is 0 Å². The average molecular weight is 285 g/mol. The quantitative estimate of drug-likeness (QED) is 0.701. The van der Waals surface area contributed by atoms with Gasteiger partial charge in [0.25, 0.3) is 0 Å². The first-order valence-corrected chi connectivity index (χ1v) is 7.47. The number of ether oxygens (including phenoxy) is 1. The summed E-state index contributed by atoms with van der Waals surface area (Å²) in [6.45, 7) is 7.31. The maximum absolute atomic E-state index is 8.70. The molecule has 0 heterocycles. The molecule has 1 N–H and O–H groups in total. The van der Waals surface area contributed by atoms with Gasteiger partial charge in [-0.2, -0.15) is 0 Å². The van der Waals surface area contributed by atoms with Gasteiger partial charge in [-0.3, -0.25) is 0 Å². The van der Waals surface area contributed by atoms with Gasteiger partial charge in [-0.1, -0.05) is 31.9 Å². The first kappa shape index (κ1) is 16.3. The van der Waals surface area contributed by atoms with Crippen LogP contribution in [0.1, 0.15) is 56.6 Å². The Bertz CT molecular complexity index is 389. The lowest BCUT2D eigenvalue weighted by molar-refractivity contribution is 0.273. The number of aliphatic hydroxyl groups is 1. The zero-order chi connectivity index (χ0) is 14.3. The predicted molar refractivity (Wildman–Crippen MR) is 81.3 cm³/mol. The topological polar surface area (TPSA) is 29.5 Å². The van der Waals surface area contributed by atoms with Crippen LogP contribution in [0.25, 0.3) is 0 Å². The fourth-order valence-electron chi connectivity index (χ4n) is 2.02. The van der Waals surface area contributed by atoms with Crippen LogP contribution in [-0.2, 0) is 0 Å². The standard InChI is InChI=1S/C16H25ClO2/c1-12(2)14-11-16(13(3)10-15(14)17)19-9-7-5-4-6-8-18/h10-12,18H,4-9H2,1-3H3. The summed E-state index contributed by atoms with van der Waals surface area (Å²) in [7, 11) is 0. The van der Waals surface area contributed by atoms with Crippen LogP contribution in [0, 0.1) is 6.92 Å². The first-order chi connectivity index (χ1) is 9.06. The molecule has 1 aromatic carbocycles. The van der Waals surface area contributed by atoms with Crippen molar-refractivity contribution in [1.29, 1.82) is 0 Å². The minimum absolute atomic E-state index is 0.287. The molecular weight excluding hydrogens is 260 g/mol. The molecule has 0 aliphatic rings. The van der Waals surface area contributed by atoms with E-state index < -0.39 is 0 Å². The molecule has 0 amide bonds. The van der Waals surface area contributed by atoms with Crippen LogP contribution in [0.2, 0.25) is 5.02 Å². The van der Waals surface area contributed by atoms with Gasteiger partial charge in [-0.15, -0.1) is 0 Å². The van der Waals surface area contributed by atoms with E-state index in [1.807, 2.05) is 13.0 Å². The van der Waals surface area contributed by atoms with E-state index in [-0.39, 0.29) is 6.61 Å². The van der Waals surface area contributed by atoms with Gasteiger partial charge in [0.2, 0.25) is 0 Å². The Balaban J connectivity index is 2.51. The van der Waals surface area contributed by atoms with Gasteiger partial charge in [0.15, 0.2) is 0 Å². The molecule has 3 heteroatoms. The van der Waals surface area contributed by atoms with Crippen LogP contribution in [0.4, 0.5) is 0 Å². The van der Waals surface area contributed by atoms with Gasteiger partial charge < -0.3 is 9.84 Å². The van der Waals surface area contributed by atoms with E-state index in [2.05, 4.69) is 19.9 Å². The summed E-state index contributed by atoms with van der Waals surface area (Å²) in [4.78, 5) is 0. The van der Waals surface area contributed by atoms with E-state index in [0.717, 1.165) is 54.2 Å².